The molecule has 3 rings (SSSR count). The van der Waals surface area contributed by atoms with Crippen LogP contribution in [0.15, 0.2) is 23.1 Å². The Morgan fingerprint density at radius 1 is 1.35 bits per heavy atom. The molecule has 1 aliphatic heterocycles. The average molecular weight is 384 g/mol. The van der Waals surface area contributed by atoms with E-state index in [-0.39, 0.29) is 34.7 Å². The van der Waals surface area contributed by atoms with Crippen LogP contribution in [0.2, 0.25) is 0 Å². The number of carbonyl (C=O) groups is 1. The first-order chi connectivity index (χ1) is 12.3. The molecule has 2 fully saturated rings. The summed E-state index contributed by atoms with van der Waals surface area (Å²) in [5, 5.41) is 20.5. The maximum absolute atomic E-state index is 13.3. The summed E-state index contributed by atoms with van der Waals surface area (Å²) in [5.41, 5.74) is -0.299. The van der Waals surface area contributed by atoms with E-state index in [0.717, 1.165) is 41.8 Å². The Hall–Kier alpha value is -2.20. The first-order valence-corrected chi connectivity index (χ1v) is 9.80. The summed E-state index contributed by atoms with van der Waals surface area (Å²) in [5.74, 6) is -1.32. The normalized spacial score (nSPS) is 26.3. The van der Waals surface area contributed by atoms with Crippen LogP contribution in [0, 0.1) is 16.0 Å². The number of aliphatic carboxylic acids is 1. The van der Waals surface area contributed by atoms with Gasteiger partial charge >= 0.3 is 5.97 Å². The summed E-state index contributed by atoms with van der Waals surface area (Å²) in [6.45, 7) is 0. The van der Waals surface area contributed by atoms with Crippen molar-refractivity contribution in [1.29, 1.82) is 0 Å². The Morgan fingerprint density at radius 3 is 2.65 bits per heavy atom. The SMILES string of the molecule is COc1cc([N+](=O)[O-])ccc1S(=O)(=O)N1C(C(=O)O)CC2CCCCC21. The van der Waals surface area contributed by atoms with Gasteiger partial charge < -0.3 is 9.84 Å². The van der Waals surface area contributed by atoms with Crippen LogP contribution in [-0.2, 0) is 14.8 Å². The molecule has 1 aromatic rings. The van der Waals surface area contributed by atoms with Gasteiger partial charge in [-0.05, 0) is 31.2 Å². The van der Waals surface area contributed by atoms with E-state index in [4.69, 9.17) is 4.74 Å². The summed E-state index contributed by atoms with van der Waals surface area (Å²) in [4.78, 5) is 21.7. The van der Waals surface area contributed by atoms with Gasteiger partial charge in [0.15, 0.2) is 0 Å². The number of non-ortho nitro benzene ring substituents is 1. The number of ether oxygens (including phenoxy) is 1. The molecule has 0 spiro atoms. The van der Waals surface area contributed by atoms with Gasteiger partial charge in [0.05, 0.1) is 18.1 Å². The van der Waals surface area contributed by atoms with Crippen LogP contribution in [0.1, 0.15) is 32.1 Å². The Morgan fingerprint density at radius 2 is 2.04 bits per heavy atom. The molecular weight excluding hydrogens is 364 g/mol. The largest absolute Gasteiger partial charge is 0.495 e. The van der Waals surface area contributed by atoms with Crippen LogP contribution in [0.4, 0.5) is 5.69 Å². The van der Waals surface area contributed by atoms with Gasteiger partial charge in [0.2, 0.25) is 10.0 Å². The van der Waals surface area contributed by atoms with Crippen LogP contribution in [-0.4, -0.2) is 47.9 Å². The second-order valence-corrected chi connectivity index (χ2v) is 8.44. The number of rotatable bonds is 5. The fourth-order valence-electron chi connectivity index (χ4n) is 4.07. The van der Waals surface area contributed by atoms with Gasteiger partial charge in [0.1, 0.15) is 16.7 Å². The molecule has 10 heteroatoms. The van der Waals surface area contributed by atoms with E-state index in [9.17, 15) is 28.4 Å². The Kier molecular flexibility index (Phi) is 4.89. The zero-order valence-corrected chi connectivity index (χ0v) is 15.0. The average Bonchev–Trinajstić information content (AvgIpc) is 3.01. The molecule has 2 aliphatic rings. The number of nitro benzene ring substituents is 1. The Balaban J connectivity index is 2.08. The van der Waals surface area contributed by atoms with Gasteiger partial charge in [0.25, 0.3) is 5.69 Å². The predicted octanol–water partition coefficient (Wildman–Crippen LogP) is 2.01. The first-order valence-electron chi connectivity index (χ1n) is 8.36. The number of benzene rings is 1. The molecule has 1 N–H and O–H groups in total. The van der Waals surface area contributed by atoms with E-state index in [2.05, 4.69) is 0 Å². The predicted molar refractivity (Wildman–Crippen MR) is 90.5 cm³/mol. The van der Waals surface area contributed by atoms with Crippen LogP contribution in [0.25, 0.3) is 0 Å². The van der Waals surface area contributed by atoms with Gasteiger partial charge in [0, 0.05) is 12.1 Å². The lowest BCUT2D eigenvalue weighted by atomic mass is 9.85. The second kappa shape index (κ2) is 6.84. The summed E-state index contributed by atoms with van der Waals surface area (Å²) in [6.07, 6.45) is 3.51. The third-order valence-electron chi connectivity index (χ3n) is 5.23. The fourth-order valence-corrected chi connectivity index (χ4v) is 6.08. The van der Waals surface area contributed by atoms with Gasteiger partial charge in [-0.2, -0.15) is 4.31 Å². The minimum atomic E-state index is -4.18. The highest BCUT2D eigenvalue weighted by Crippen LogP contribution is 2.44. The number of nitrogens with zero attached hydrogens (tertiary/aromatic N) is 2. The molecule has 0 bridgehead atoms. The third-order valence-corrected chi connectivity index (χ3v) is 7.20. The lowest BCUT2D eigenvalue weighted by Crippen LogP contribution is -2.46. The molecule has 0 aromatic heterocycles. The lowest BCUT2D eigenvalue weighted by molar-refractivity contribution is -0.385. The molecule has 9 nitrogen and oxygen atoms in total. The molecular formula is C16H20N2O7S. The Labute approximate surface area is 150 Å². The van der Waals surface area contributed by atoms with E-state index >= 15 is 0 Å². The van der Waals surface area contributed by atoms with Crippen molar-refractivity contribution in [2.75, 3.05) is 7.11 Å². The molecule has 1 aromatic carbocycles. The second-order valence-electron chi connectivity index (χ2n) is 6.63. The van der Waals surface area contributed by atoms with Crippen LogP contribution in [0.3, 0.4) is 0 Å². The fraction of sp³-hybridized carbons (Fsp3) is 0.562. The molecule has 3 unspecified atom stereocenters. The highest BCUT2D eigenvalue weighted by molar-refractivity contribution is 7.89. The van der Waals surface area contributed by atoms with Gasteiger partial charge in [-0.25, -0.2) is 8.42 Å². The highest BCUT2D eigenvalue weighted by atomic mass is 32.2. The van der Waals surface area contributed by atoms with E-state index in [1.807, 2.05) is 0 Å². The molecule has 0 radical (unpaired) electrons. The summed E-state index contributed by atoms with van der Waals surface area (Å²) < 4.78 is 32.7. The topological polar surface area (TPSA) is 127 Å². The smallest absolute Gasteiger partial charge is 0.322 e. The molecule has 1 saturated heterocycles. The van der Waals surface area contributed by atoms with Crippen LogP contribution >= 0.6 is 0 Å². The maximum Gasteiger partial charge on any atom is 0.322 e. The number of hydrogen-bond donors (Lipinski definition) is 1. The van der Waals surface area contributed by atoms with Crippen molar-refractivity contribution in [3.05, 3.63) is 28.3 Å². The number of methoxy groups -OCH3 is 1. The molecule has 0 amide bonds. The van der Waals surface area contributed by atoms with Gasteiger partial charge in [-0.15, -0.1) is 0 Å². The molecule has 1 heterocycles. The van der Waals surface area contributed by atoms with Gasteiger partial charge in [-0.1, -0.05) is 12.8 Å². The first kappa shape index (κ1) is 18.6. The summed E-state index contributed by atoms with van der Waals surface area (Å²) in [6, 6.07) is 1.74. The van der Waals surface area contributed by atoms with Crippen molar-refractivity contribution in [3.63, 3.8) is 0 Å². The zero-order chi connectivity index (χ0) is 19.1. The zero-order valence-electron chi connectivity index (χ0n) is 14.2. The highest BCUT2D eigenvalue weighted by Gasteiger charge is 2.51. The minimum Gasteiger partial charge on any atom is -0.495 e. The minimum absolute atomic E-state index is 0.0173. The van der Waals surface area contributed by atoms with E-state index < -0.39 is 27.0 Å². The molecule has 1 saturated carbocycles. The number of carboxylic acid groups (broad SMARTS) is 1. The van der Waals surface area contributed by atoms with Crippen molar-refractivity contribution in [1.82, 2.24) is 4.31 Å². The van der Waals surface area contributed by atoms with Gasteiger partial charge in [-0.3, -0.25) is 14.9 Å². The van der Waals surface area contributed by atoms with Crippen molar-refractivity contribution in [2.45, 2.75) is 49.1 Å². The maximum atomic E-state index is 13.3. The van der Waals surface area contributed by atoms with E-state index in [1.54, 1.807) is 0 Å². The van der Waals surface area contributed by atoms with Crippen molar-refractivity contribution < 1.29 is 28.0 Å². The number of sulfonamides is 1. The molecule has 3 atom stereocenters. The summed E-state index contributed by atoms with van der Waals surface area (Å²) in [7, 11) is -2.96. The monoisotopic (exact) mass is 384 g/mol. The molecule has 1 aliphatic carbocycles. The molecule has 26 heavy (non-hydrogen) atoms. The third kappa shape index (κ3) is 3.03. The van der Waals surface area contributed by atoms with Crippen molar-refractivity contribution in [2.24, 2.45) is 5.92 Å². The van der Waals surface area contributed by atoms with E-state index in [1.165, 1.54) is 7.11 Å². The Bertz CT molecular complexity index is 839. The van der Waals surface area contributed by atoms with Crippen LogP contribution in [0.5, 0.6) is 5.75 Å². The molecule has 142 valence electrons. The number of hydrogen-bond acceptors (Lipinski definition) is 6. The van der Waals surface area contributed by atoms with Crippen molar-refractivity contribution in [3.8, 4) is 5.75 Å². The number of fused-ring (bicyclic) bond motifs is 1. The standard InChI is InChI=1S/C16H20N2O7S/c1-25-14-9-11(18(21)22)6-7-15(14)26(23,24)17-12-5-3-2-4-10(12)8-13(17)16(19)20/h6-7,9-10,12-13H,2-5,8H2,1H3,(H,19,20). The summed E-state index contributed by atoms with van der Waals surface area (Å²) >= 11 is 0. The van der Waals surface area contributed by atoms with Crippen LogP contribution < -0.4 is 4.74 Å². The number of carboxylic acids is 1. The number of nitro groups is 1. The van der Waals surface area contributed by atoms with Crippen molar-refractivity contribution >= 4 is 21.7 Å². The lowest BCUT2D eigenvalue weighted by Gasteiger charge is -2.32. The quantitative estimate of drug-likeness (QED) is 0.607. The van der Waals surface area contributed by atoms with E-state index in [0.29, 0.717) is 6.42 Å².